The molecule has 2 aromatic rings. The van der Waals surface area contributed by atoms with Crippen LogP contribution < -0.4 is 10.0 Å². The number of benzene rings is 2. The van der Waals surface area contributed by atoms with Gasteiger partial charge in [-0.1, -0.05) is 28.1 Å². The van der Waals surface area contributed by atoms with E-state index in [1.54, 1.807) is 17.0 Å². The molecule has 0 saturated carbocycles. The van der Waals surface area contributed by atoms with Crippen molar-refractivity contribution in [2.75, 3.05) is 37.7 Å². The van der Waals surface area contributed by atoms with Gasteiger partial charge in [0.25, 0.3) is 0 Å². The predicted octanol–water partition coefficient (Wildman–Crippen LogP) is 2.06. The summed E-state index contributed by atoms with van der Waals surface area (Å²) in [6, 6.07) is 12.7. The van der Waals surface area contributed by atoms with Gasteiger partial charge in [-0.15, -0.1) is 0 Å². The minimum absolute atomic E-state index is 0.00330. The Bertz CT molecular complexity index is 1030. The molecule has 2 aromatic carbocycles. The van der Waals surface area contributed by atoms with E-state index in [1.165, 1.54) is 6.07 Å². The topological polar surface area (TPSA) is 92.9 Å². The van der Waals surface area contributed by atoms with Crippen LogP contribution in [0.25, 0.3) is 0 Å². The van der Waals surface area contributed by atoms with Gasteiger partial charge in [-0.2, -0.15) is 0 Å². The molecule has 1 atom stereocenters. The van der Waals surface area contributed by atoms with E-state index < -0.39 is 10.0 Å². The summed E-state index contributed by atoms with van der Waals surface area (Å²) in [5.74, 6) is 0.00330. The quantitative estimate of drug-likeness (QED) is 0.724. The third kappa shape index (κ3) is 4.54. The van der Waals surface area contributed by atoms with Crippen LogP contribution in [0, 0.1) is 0 Å². The molecule has 2 N–H and O–H groups in total. The molecule has 1 fully saturated rings. The average Bonchev–Trinajstić information content (AvgIpc) is 3.11. The van der Waals surface area contributed by atoms with Crippen LogP contribution in [0.3, 0.4) is 0 Å². The Morgan fingerprint density at radius 2 is 1.93 bits per heavy atom. The number of fused-ring (bicyclic) bond motifs is 1. The maximum atomic E-state index is 12.9. The summed E-state index contributed by atoms with van der Waals surface area (Å²) in [4.78, 5) is 16.9. The lowest BCUT2D eigenvalue weighted by molar-refractivity contribution is -0.121. The van der Waals surface area contributed by atoms with Gasteiger partial charge >= 0.3 is 0 Å². The number of carbonyl (C=O) groups is 1. The van der Waals surface area contributed by atoms with Crippen molar-refractivity contribution in [1.29, 1.82) is 0 Å². The maximum absolute atomic E-state index is 12.9. The fraction of sp³-hybridized carbons (Fsp3) is 0.350. The molecule has 0 aliphatic carbocycles. The normalized spacial score (nSPS) is 19.9. The Labute approximate surface area is 178 Å². The van der Waals surface area contributed by atoms with Gasteiger partial charge in [0, 0.05) is 29.8 Å². The summed E-state index contributed by atoms with van der Waals surface area (Å²) < 4.78 is 30.0. The number of morpholine rings is 1. The third-order valence-corrected chi connectivity index (χ3v) is 6.77. The van der Waals surface area contributed by atoms with E-state index in [2.05, 4.69) is 20.8 Å². The highest BCUT2D eigenvalue weighted by molar-refractivity contribution is 9.10. The van der Waals surface area contributed by atoms with E-state index in [1.807, 2.05) is 24.3 Å². The van der Waals surface area contributed by atoms with Gasteiger partial charge < -0.3 is 9.64 Å². The molecule has 0 bridgehead atoms. The SMILES string of the molecule is NS(=O)(=O)c1ccc2c(c1)CCN2C(=O)CN1CCOC(c2ccc(Br)cc2)C1. The summed E-state index contributed by atoms with van der Waals surface area (Å²) in [6.45, 7) is 2.76. The summed E-state index contributed by atoms with van der Waals surface area (Å²) in [5.41, 5.74) is 2.69. The van der Waals surface area contributed by atoms with E-state index >= 15 is 0 Å². The van der Waals surface area contributed by atoms with Crippen LogP contribution in [0.5, 0.6) is 0 Å². The number of ether oxygens (including phenoxy) is 1. The Morgan fingerprint density at radius 3 is 2.66 bits per heavy atom. The molecule has 1 unspecified atom stereocenters. The van der Waals surface area contributed by atoms with Gasteiger partial charge in [0.05, 0.1) is 24.2 Å². The zero-order chi connectivity index (χ0) is 20.6. The molecule has 7 nitrogen and oxygen atoms in total. The zero-order valence-electron chi connectivity index (χ0n) is 15.8. The smallest absolute Gasteiger partial charge is 0.241 e. The van der Waals surface area contributed by atoms with Crippen molar-refractivity contribution in [3.05, 3.63) is 58.1 Å². The van der Waals surface area contributed by atoms with Crippen molar-refractivity contribution in [2.24, 2.45) is 5.14 Å². The number of sulfonamides is 1. The second kappa shape index (κ2) is 8.16. The first kappa shape index (κ1) is 20.5. The van der Waals surface area contributed by atoms with Crippen molar-refractivity contribution < 1.29 is 17.9 Å². The lowest BCUT2D eigenvalue weighted by Crippen LogP contribution is -2.45. The Balaban J connectivity index is 1.43. The number of nitrogens with two attached hydrogens (primary N) is 1. The molecule has 0 radical (unpaired) electrons. The lowest BCUT2D eigenvalue weighted by Gasteiger charge is -2.33. The van der Waals surface area contributed by atoms with Crippen LogP contribution in [0.2, 0.25) is 0 Å². The molecule has 29 heavy (non-hydrogen) atoms. The number of hydrogen-bond acceptors (Lipinski definition) is 5. The molecule has 154 valence electrons. The number of halogens is 1. The number of primary sulfonamides is 1. The zero-order valence-corrected chi connectivity index (χ0v) is 18.2. The molecule has 1 saturated heterocycles. The molecule has 9 heteroatoms. The van der Waals surface area contributed by atoms with Crippen molar-refractivity contribution >= 4 is 37.5 Å². The second-order valence-electron chi connectivity index (χ2n) is 7.28. The molecule has 0 aromatic heterocycles. The van der Waals surface area contributed by atoms with Gasteiger partial charge in [0.1, 0.15) is 0 Å². The second-order valence-corrected chi connectivity index (χ2v) is 9.75. The minimum Gasteiger partial charge on any atom is -0.371 e. The lowest BCUT2D eigenvalue weighted by atomic mass is 10.1. The number of anilines is 1. The fourth-order valence-electron chi connectivity index (χ4n) is 3.82. The molecule has 2 aliphatic rings. The average molecular weight is 480 g/mol. The highest BCUT2D eigenvalue weighted by Gasteiger charge is 2.29. The van der Waals surface area contributed by atoms with Crippen molar-refractivity contribution in [3.8, 4) is 0 Å². The third-order valence-electron chi connectivity index (χ3n) is 5.33. The van der Waals surface area contributed by atoms with Crippen LogP contribution in [0.1, 0.15) is 17.2 Å². The van der Waals surface area contributed by atoms with E-state index in [-0.39, 0.29) is 16.9 Å². The number of rotatable bonds is 4. The molecular weight excluding hydrogens is 458 g/mol. The maximum Gasteiger partial charge on any atom is 0.241 e. The largest absolute Gasteiger partial charge is 0.371 e. The van der Waals surface area contributed by atoms with Crippen molar-refractivity contribution in [3.63, 3.8) is 0 Å². The van der Waals surface area contributed by atoms with E-state index in [0.29, 0.717) is 39.2 Å². The fourth-order valence-corrected chi connectivity index (χ4v) is 4.64. The molecule has 2 aliphatic heterocycles. The van der Waals surface area contributed by atoms with E-state index in [9.17, 15) is 13.2 Å². The van der Waals surface area contributed by atoms with Gasteiger partial charge in [-0.3, -0.25) is 9.69 Å². The van der Waals surface area contributed by atoms with Crippen molar-refractivity contribution in [1.82, 2.24) is 4.90 Å². The van der Waals surface area contributed by atoms with Gasteiger partial charge in [0.2, 0.25) is 15.9 Å². The molecule has 1 amide bonds. The predicted molar refractivity (Wildman–Crippen MR) is 113 cm³/mol. The summed E-state index contributed by atoms with van der Waals surface area (Å²) in [6.07, 6.45) is 0.558. The molecule has 4 rings (SSSR count). The Hall–Kier alpha value is -1.78. The van der Waals surface area contributed by atoms with Crippen LogP contribution in [0.15, 0.2) is 51.8 Å². The Morgan fingerprint density at radius 1 is 1.17 bits per heavy atom. The highest BCUT2D eigenvalue weighted by Crippen LogP contribution is 2.30. The van der Waals surface area contributed by atoms with Crippen LogP contribution >= 0.6 is 15.9 Å². The van der Waals surface area contributed by atoms with Gasteiger partial charge in [-0.25, -0.2) is 13.6 Å². The monoisotopic (exact) mass is 479 g/mol. The first-order valence-electron chi connectivity index (χ1n) is 9.37. The van der Waals surface area contributed by atoms with Crippen LogP contribution in [-0.4, -0.2) is 52.0 Å². The summed E-state index contributed by atoms with van der Waals surface area (Å²) in [7, 11) is -3.75. The number of amides is 1. The highest BCUT2D eigenvalue weighted by atomic mass is 79.9. The molecule has 0 spiro atoms. The van der Waals surface area contributed by atoms with E-state index in [4.69, 9.17) is 9.88 Å². The number of hydrogen-bond donors (Lipinski definition) is 1. The molecule has 2 heterocycles. The molecular formula is C20H22BrN3O4S. The van der Waals surface area contributed by atoms with Crippen molar-refractivity contribution in [2.45, 2.75) is 17.4 Å². The first-order valence-corrected chi connectivity index (χ1v) is 11.7. The summed E-state index contributed by atoms with van der Waals surface area (Å²) in [5, 5.41) is 5.21. The standard InChI is InChI=1S/C20H22BrN3O4S/c21-16-3-1-14(2-4-16)19-12-23(9-10-28-19)13-20(25)24-8-7-15-11-17(29(22,26)27)5-6-18(15)24/h1-6,11,19H,7-10,12-13H2,(H2,22,26,27). The van der Waals surface area contributed by atoms with E-state index in [0.717, 1.165) is 21.3 Å². The van der Waals surface area contributed by atoms with Crippen LogP contribution in [0.4, 0.5) is 5.69 Å². The minimum atomic E-state index is -3.75. The van der Waals surface area contributed by atoms with Gasteiger partial charge in [-0.05, 0) is 47.9 Å². The number of carbonyl (C=O) groups excluding carboxylic acids is 1. The first-order chi connectivity index (χ1) is 13.8. The van der Waals surface area contributed by atoms with Gasteiger partial charge in [0.15, 0.2) is 0 Å². The Kier molecular flexibility index (Phi) is 5.76. The number of nitrogens with zero attached hydrogens (tertiary/aromatic N) is 2. The summed E-state index contributed by atoms with van der Waals surface area (Å²) >= 11 is 3.44. The van der Waals surface area contributed by atoms with Crippen LogP contribution in [-0.2, 0) is 26.0 Å².